The molecule has 1 N–H and O–H groups in total. The van der Waals surface area contributed by atoms with Gasteiger partial charge in [-0.05, 0) is 12.5 Å². The number of aliphatic imine (C=N–C) groups is 1. The van der Waals surface area contributed by atoms with E-state index in [0.29, 0.717) is 5.90 Å². The molecule has 10 heavy (non-hydrogen) atoms. The zero-order valence-electron chi connectivity index (χ0n) is 6.51. The maximum Gasteiger partial charge on any atom is 0.184 e. The van der Waals surface area contributed by atoms with Crippen molar-refractivity contribution in [1.82, 2.24) is 0 Å². The first kappa shape index (κ1) is 8.88. The monoisotopic (exact) mass is 140 g/mol. The van der Waals surface area contributed by atoms with Gasteiger partial charge in [0.1, 0.15) is 0 Å². The number of nitrogens with zero attached hydrogens (tertiary/aromatic N) is 1. The first-order valence-corrected chi connectivity index (χ1v) is 2.96. The minimum Gasteiger partial charge on any atom is -0.484 e. The molecule has 0 aliphatic carbocycles. The Morgan fingerprint density at radius 2 is 2.10 bits per heavy atom. The van der Waals surface area contributed by atoms with Crippen molar-refractivity contribution in [3.05, 3.63) is 11.8 Å². The second kappa shape index (κ2) is 4.73. The molecule has 0 amide bonds. The molecule has 0 bridgehead atoms. The van der Waals surface area contributed by atoms with Gasteiger partial charge in [-0.2, -0.15) is 0 Å². The standard InChI is InChI=1S/C7H12N2O/c1-6(4-8)5-9-7(2)10-3/h4-5,8H,1-3H3/b6-5-,8-4?,9-7?. The lowest BCUT2D eigenvalue weighted by atomic mass is 10.4. The van der Waals surface area contributed by atoms with Gasteiger partial charge in [-0.25, -0.2) is 4.99 Å². The molecule has 0 radical (unpaired) electrons. The molecule has 0 aliphatic rings. The number of ether oxygens (including phenoxy) is 1. The van der Waals surface area contributed by atoms with Crippen LogP contribution in [0.3, 0.4) is 0 Å². The van der Waals surface area contributed by atoms with Crippen LogP contribution >= 0.6 is 0 Å². The van der Waals surface area contributed by atoms with Gasteiger partial charge >= 0.3 is 0 Å². The Balaban J connectivity index is 4.03. The van der Waals surface area contributed by atoms with E-state index in [9.17, 15) is 0 Å². The van der Waals surface area contributed by atoms with E-state index in [2.05, 4.69) is 4.99 Å². The predicted octanol–water partition coefficient (Wildman–Crippen LogP) is 1.60. The summed E-state index contributed by atoms with van der Waals surface area (Å²) in [7, 11) is 1.56. The molecule has 0 spiro atoms. The number of allylic oxidation sites excluding steroid dienone is 1. The van der Waals surface area contributed by atoms with Gasteiger partial charge in [0, 0.05) is 19.3 Å². The van der Waals surface area contributed by atoms with Crippen LogP contribution < -0.4 is 0 Å². The first-order chi connectivity index (χ1) is 4.70. The van der Waals surface area contributed by atoms with Crippen molar-refractivity contribution in [3.63, 3.8) is 0 Å². The van der Waals surface area contributed by atoms with E-state index in [-0.39, 0.29) is 0 Å². The lowest BCUT2D eigenvalue weighted by Crippen LogP contribution is -1.91. The average molecular weight is 140 g/mol. The Morgan fingerprint density at radius 3 is 2.50 bits per heavy atom. The highest BCUT2D eigenvalue weighted by molar-refractivity contribution is 5.77. The summed E-state index contributed by atoms with van der Waals surface area (Å²) in [5.74, 6) is 0.598. The molecular formula is C7H12N2O. The number of hydrogen-bond acceptors (Lipinski definition) is 3. The van der Waals surface area contributed by atoms with Crippen molar-refractivity contribution in [3.8, 4) is 0 Å². The largest absolute Gasteiger partial charge is 0.484 e. The topological polar surface area (TPSA) is 45.4 Å². The third-order valence-electron chi connectivity index (χ3n) is 0.973. The zero-order chi connectivity index (χ0) is 7.98. The molecular weight excluding hydrogens is 128 g/mol. The van der Waals surface area contributed by atoms with Crippen molar-refractivity contribution < 1.29 is 4.74 Å². The van der Waals surface area contributed by atoms with Gasteiger partial charge in [-0.15, -0.1) is 0 Å². The third-order valence-corrected chi connectivity index (χ3v) is 0.973. The van der Waals surface area contributed by atoms with Crippen LogP contribution in [0.5, 0.6) is 0 Å². The van der Waals surface area contributed by atoms with Crippen LogP contribution in [0.4, 0.5) is 0 Å². The minimum absolute atomic E-state index is 0.598. The van der Waals surface area contributed by atoms with E-state index in [1.54, 1.807) is 27.2 Å². The van der Waals surface area contributed by atoms with Crippen LogP contribution in [0.25, 0.3) is 0 Å². The van der Waals surface area contributed by atoms with E-state index in [1.165, 1.54) is 6.21 Å². The van der Waals surface area contributed by atoms with Crippen molar-refractivity contribution in [2.45, 2.75) is 13.8 Å². The second-order valence-corrected chi connectivity index (χ2v) is 1.87. The maximum atomic E-state index is 6.81. The van der Waals surface area contributed by atoms with Gasteiger partial charge < -0.3 is 10.1 Å². The molecule has 0 aromatic rings. The number of nitrogens with one attached hydrogen (secondary N) is 1. The van der Waals surface area contributed by atoms with Crippen molar-refractivity contribution in [2.24, 2.45) is 4.99 Å². The summed E-state index contributed by atoms with van der Waals surface area (Å²) >= 11 is 0. The molecule has 0 aromatic carbocycles. The van der Waals surface area contributed by atoms with Gasteiger partial charge in [0.05, 0.1) is 7.11 Å². The van der Waals surface area contributed by atoms with E-state index >= 15 is 0 Å². The molecule has 0 aliphatic heterocycles. The Labute approximate surface area is 60.9 Å². The lowest BCUT2D eigenvalue weighted by Gasteiger charge is -1.92. The quantitative estimate of drug-likeness (QED) is 0.459. The summed E-state index contributed by atoms with van der Waals surface area (Å²) in [6.45, 7) is 3.56. The van der Waals surface area contributed by atoms with Crippen LogP contribution in [0.15, 0.2) is 16.8 Å². The van der Waals surface area contributed by atoms with Crippen LogP contribution in [0.1, 0.15) is 13.8 Å². The molecule has 0 atom stereocenters. The highest BCUT2D eigenvalue weighted by Gasteiger charge is 1.82. The van der Waals surface area contributed by atoms with E-state index in [4.69, 9.17) is 10.1 Å². The van der Waals surface area contributed by atoms with Crippen molar-refractivity contribution in [1.29, 1.82) is 5.41 Å². The van der Waals surface area contributed by atoms with E-state index in [1.807, 2.05) is 0 Å². The fraction of sp³-hybridized carbons (Fsp3) is 0.429. The average Bonchev–Trinajstić information content (AvgIpc) is 1.99. The highest BCUT2D eigenvalue weighted by atomic mass is 16.5. The number of rotatable bonds is 2. The molecule has 0 rings (SSSR count). The fourth-order valence-corrected chi connectivity index (χ4v) is 0.283. The molecule has 3 nitrogen and oxygen atoms in total. The Hall–Kier alpha value is -1.12. The van der Waals surface area contributed by atoms with Gasteiger partial charge in [-0.1, -0.05) is 0 Å². The van der Waals surface area contributed by atoms with Gasteiger partial charge in [0.25, 0.3) is 0 Å². The predicted molar refractivity (Wildman–Crippen MR) is 42.7 cm³/mol. The molecule has 3 heteroatoms. The summed E-state index contributed by atoms with van der Waals surface area (Å²) in [5, 5.41) is 6.81. The minimum atomic E-state index is 0.598. The zero-order valence-corrected chi connectivity index (χ0v) is 6.51. The third kappa shape index (κ3) is 3.83. The van der Waals surface area contributed by atoms with Gasteiger partial charge in [-0.3, -0.25) is 0 Å². The second-order valence-electron chi connectivity index (χ2n) is 1.87. The van der Waals surface area contributed by atoms with Crippen LogP contribution in [0.2, 0.25) is 0 Å². The molecule has 0 saturated carbocycles. The number of methoxy groups -OCH3 is 1. The normalized spacial score (nSPS) is 13.1. The van der Waals surface area contributed by atoms with E-state index in [0.717, 1.165) is 5.57 Å². The van der Waals surface area contributed by atoms with Crippen molar-refractivity contribution >= 4 is 12.1 Å². The fourth-order valence-electron chi connectivity index (χ4n) is 0.283. The van der Waals surface area contributed by atoms with Gasteiger partial charge in [0.2, 0.25) is 0 Å². The van der Waals surface area contributed by atoms with Crippen LogP contribution in [-0.4, -0.2) is 19.2 Å². The maximum absolute atomic E-state index is 6.81. The lowest BCUT2D eigenvalue weighted by molar-refractivity contribution is 0.400. The summed E-state index contributed by atoms with van der Waals surface area (Å²) < 4.78 is 4.78. The highest BCUT2D eigenvalue weighted by Crippen LogP contribution is 1.88. The molecule has 0 unspecified atom stereocenters. The van der Waals surface area contributed by atoms with E-state index < -0.39 is 0 Å². The molecule has 56 valence electrons. The molecule has 0 saturated heterocycles. The Morgan fingerprint density at radius 1 is 1.50 bits per heavy atom. The molecule has 0 aromatic heterocycles. The van der Waals surface area contributed by atoms with Crippen LogP contribution in [-0.2, 0) is 4.74 Å². The Kier molecular flexibility index (Phi) is 4.20. The number of hydrogen-bond donors (Lipinski definition) is 1. The summed E-state index contributed by atoms with van der Waals surface area (Å²) in [6.07, 6.45) is 2.83. The SMILES string of the molecule is COC(C)=N/C=C(/C)C=N. The Bertz CT molecular complexity index is 170. The molecule has 0 fully saturated rings. The van der Waals surface area contributed by atoms with Crippen LogP contribution in [0, 0.1) is 5.41 Å². The first-order valence-electron chi connectivity index (χ1n) is 2.96. The molecule has 0 heterocycles. The summed E-state index contributed by atoms with van der Waals surface area (Å²) in [5.41, 5.74) is 0.802. The smallest absolute Gasteiger partial charge is 0.184 e. The van der Waals surface area contributed by atoms with Crippen molar-refractivity contribution in [2.75, 3.05) is 7.11 Å². The summed E-state index contributed by atoms with van der Waals surface area (Å²) in [6, 6.07) is 0. The summed E-state index contributed by atoms with van der Waals surface area (Å²) in [4.78, 5) is 3.89. The van der Waals surface area contributed by atoms with Gasteiger partial charge in [0.15, 0.2) is 5.90 Å².